The molecule has 0 aliphatic carbocycles. The smallest absolute Gasteiger partial charge is 0.152 e. The molecule has 2 aromatic rings. The van der Waals surface area contributed by atoms with Gasteiger partial charge in [-0.15, -0.1) is 11.3 Å². The van der Waals surface area contributed by atoms with Crippen LogP contribution in [0.1, 0.15) is 37.9 Å². The average Bonchev–Trinajstić information content (AvgIpc) is 2.78. The fourth-order valence-electron chi connectivity index (χ4n) is 1.83. The number of nitrogens with zero attached hydrogens (tertiary/aromatic N) is 2. The highest BCUT2D eigenvalue weighted by molar-refractivity contribution is 7.18. The minimum atomic E-state index is 0.660. The van der Waals surface area contributed by atoms with Crippen molar-refractivity contribution in [2.75, 3.05) is 5.43 Å². The third kappa shape index (κ3) is 2.79. The molecule has 2 heterocycles. The first-order valence-corrected chi connectivity index (χ1v) is 7.21. The van der Waals surface area contributed by atoms with Gasteiger partial charge in [0.15, 0.2) is 5.82 Å². The monoisotopic (exact) mass is 264 g/mol. The van der Waals surface area contributed by atoms with Crippen LogP contribution in [0.15, 0.2) is 6.07 Å². The normalized spacial score (nSPS) is 11.4. The Labute approximate surface area is 112 Å². The lowest BCUT2D eigenvalue weighted by atomic mass is 10.1. The van der Waals surface area contributed by atoms with Crippen LogP contribution in [-0.2, 0) is 12.8 Å². The second-order valence-corrected chi connectivity index (χ2v) is 5.97. The van der Waals surface area contributed by atoms with Gasteiger partial charge in [0.25, 0.3) is 0 Å². The molecule has 4 nitrogen and oxygen atoms in total. The lowest BCUT2D eigenvalue weighted by molar-refractivity contribution is 0.576. The van der Waals surface area contributed by atoms with Crippen LogP contribution in [0.4, 0.5) is 5.82 Å². The SMILES string of the molecule is CCc1cc2c(NN)nc(CCC(C)C)nc2s1. The van der Waals surface area contributed by atoms with Crippen molar-refractivity contribution in [3.63, 3.8) is 0 Å². The van der Waals surface area contributed by atoms with Crippen molar-refractivity contribution in [2.45, 2.75) is 40.0 Å². The zero-order valence-corrected chi connectivity index (χ0v) is 12.0. The molecule has 0 saturated heterocycles. The third-order valence-electron chi connectivity index (χ3n) is 2.92. The van der Waals surface area contributed by atoms with Crippen LogP contribution in [0.5, 0.6) is 0 Å². The van der Waals surface area contributed by atoms with Crippen LogP contribution in [-0.4, -0.2) is 9.97 Å². The molecule has 0 aromatic carbocycles. The number of thiophene rings is 1. The minimum Gasteiger partial charge on any atom is -0.308 e. The molecule has 0 bridgehead atoms. The molecular weight excluding hydrogens is 244 g/mol. The first kappa shape index (κ1) is 13.2. The molecule has 0 atom stereocenters. The largest absolute Gasteiger partial charge is 0.308 e. The number of aryl methyl sites for hydroxylation is 2. The summed E-state index contributed by atoms with van der Waals surface area (Å²) in [5, 5.41) is 1.03. The van der Waals surface area contributed by atoms with Crippen molar-refractivity contribution < 1.29 is 0 Å². The molecule has 0 unspecified atom stereocenters. The highest BCUT2D eigenvalue weighted by Crippen LogP contribution is 2.29. The molecule has 5 heteroatoms. The highest BCUT2D eigenvalue weighted by atomic mass is 32.1. The molecule has 2 rings (SSSR count). The van der Waals surface area contributed by atoms with E-state index in [1.165, 1.54) is 4.88 Å². The fourth-order valence-corrected chi connectivity index (χ4v) is 2.82. The van der Waals surface area contributed by atoms with Crippen molar-refractivity contribution >= 4 is 27.4 Å². The lowest BCUT2D eigenvalue weighted by Gasteiger charge is -2.06. The minimum absolute atomic E-state index is 0.660. The maximum absolute atomic E-state index is 5.56. The Hall–Kier alpha value is -1.20. The van der Waals surface area contributed by atoms with E-state index < -0.39 is 0 Å². The molecule has 2 aromatic heterocycles. The van der Waals surface area contributed by atoms with E-state index in [1.807, 2.05) is 0 Å². The van der Waals surface area contributed by atoms with Gasteiger partial charge in [0.2, 0.25) is 0 Å². The van der Waals surface area contributed by atoms with E-state index in [0.717, 1.165) is 41.1 Å². The zero-order chi connectivity index (χ0) is 13.1. The van der Waals surface area contributed by atoms with E-state index in [1.54, 1.807) is 11.3 Å². The van der Waals surface area contributed by atoms with Gasteiger partial charge < -0.3 is 5.43 Å². The molecule has 0 aliphatic rings. The fraction of sp³-hybridized carbons (Fsp3) is 0.538. The molecule has 0 radical (unpaired) electrons. The van der Waals surface area contributed by atoms with Gasteiger partial charge in [0, 0.05) is 11.3 Å². The summed E-state index contributed by atoms with van der Waals surface area (Å²) in [6.45, 7) is 6.56. The van der Waals surface area contributed by atoms with Crippen LogP contribution in [0.25, 0.3) is 10.2 Å². The van der Waals surface area contributed by atoms with Gasteiger partial charge in [-0.2, -0.15) is 0 Å². The summed E-state index contributed by atoms with van der Waals surface area (Å²) in [6, 6.07) is 2.13. The third-order valence-corrected chi connectivity index (χ3v) is 4.09. The average molecular weight is 264 g/mol. The van der Waals surface area contributed by atoms with Crippen molar-refractivity contribution in [2.24, 2.45) is 11.8 Å². The van der Waals surface area contributed by atoms with E-state index in [9.17, 15) is 0 Å². The number of hydrogen-bond donors (Lipinski definition) is 2. The number of rotatable bonds is 5. The Morgan fingerprint density at radius 3 is 2.78 bits per heavy atom. The first-order chi connectivity index (χ1) is 8.63. The maximum atomic E-state index is 5.56. The van der Waals surface area contributed by atoms with E-state index in [0.29, 0.717) is 5.92 Å². The number of hydrazine groups is 1. The Morgan fingerprint density at radius 1 is 1.39 bits per heavy atom. The molecular formula is C13H20N4S. The van der Waals surface area contributed by atoms with E-state index in [-0.39, 0.29) is 0 Å². The van der Waals surface area contributed by atoms with Crippen molar-refractivity contribution in [1.29, 1.82) is 0 Å². The number of anilines is 1. The molecule has 98 valence electrons. The quantitative estimate of drug-likeness (QED) is 0.643. The van der Waals surface area contributed by atoms with Gasteiger partial charge in [0.1, 0.15) is 10.7 Å². The second kappa shape index (κ2) is 5.63. The van der Waals surface area contributed by atoms with Crippen LogP contribution in [0, 0.1) is 5.92 Å². The predicted octanol–water partition coefficient (Wildman–Crippen LogP) is 3.13. The number of aromatic nitrogens is 2. The van der Waals surface area contributed by atoms with Gasteiger partial charge in [-0.05, 0) is 24.8 Å². The van der Waals surface area contributed by atoms with Crippen LogP contribution >= 0.6 is 11.3 Å². The van der Waals surface area contributed by atoms with Crippen LogP contribution < -0.4 is 11.3 Å². The van der Waals surface area contributed by atoms with Crippen molar-refractivity contribution in [3.05, 3.63) is 16.8 Å². The van der Waals surface area contributed by atoms with Crippen LogP contribution in [0.3, 0.4) is 0 Å². The number of nitrogens with one attached hydrogen (secondary N) is 1. The topological polar surface area (TPSA) is 63.8 Å². The first-order valence-electron chi connectivity index (χ1n) is 6.40. The van der Waals surface area contributed by atoms with Crippen LogP contribution in [0.2, 0.25) is 0 Å². The lowest BCUT2D eigenvalue weighted by Crippen LogP contribution is -2.11. The van der Waals surface area contributed by atoms with E-state index >= 15 is 0 Å². The molecule has 0 saturated carbocycles. The maximum Gasteiger partial charge on any atom is 0.152 e. The molecule has 3 N–H and O–H groups in total. The Bertz CT molecular complexity index is 533. The summed E-state index contributed by atoms with van der Waals surface area (Å²) in [6.07, 6.45) is 3.02. The highest BCUT2D eigenvalue weighted by Gasteiger charge is 2.10. The molecule has 0 spiro atoms. The van der Waals surface area contributed by atoms with Gasteiger partial charge in [-0.1, -0.05) is 20.8 Å². The van der Waals surface area contributed by atoms with Crippen molar-refractivity contribution in [3.8, 4) is 0 Å². The number of nitrogens with two attached hydrogens (primary N) is 1. The molecule has 0 fully saturated rings. The van der Waals surface area contributed by atoms with E-state index in [2.05, 4.69) is 42.2 Å². The Morgan fingerprint density at radius 2 is 2.17 bits per heavy atom. The summed E-state index contributed by atoms with van der Waals surface area (Å²) in [5.74, 6) is 7.84. The summed E-state index contributed by atoms with van der Waals surface area (Å²) in [4.78, 5) is 11.5. The van der Waals surface area contributed by atoms with Crippen molar-refractivity contribution in [1.82, 2.24) is 9.97 Å². The molecule has 0 amide bonds. The second-order valence-electron chi connectivity index (χ2n) is 4.85. The number of nitrogen functional groups attached to an aromatic ring is 1. The number of fused-ring (bicyclic) bond motifs is 1. The standard InChI is InChI=1S/C13H20N4S/c1-4-9-7-10-12(17-14)15-11(6-5-8(2)3)16-13(10)18-9/h7-8H,4-6,14H2,1-3H3,(H,15,16,17). The van der Waals surface area contributed by atoms with Gasteiger partial charge in [0.05, 0.1) is 5.39 Å². The molecule has 0 aliphatic heterocycles. The molecule has 18 heavy (non-hydrogen) atoms. The van der Waals surface area contributed by atoms with Gasteiger partial charge in [-0.3, -0.25) is 0 Å². The van der Waals surface area contributed by atoms with Gasteiger partial charge >= 0.3 is 0 Å². The van der Waals surface area contributed by atoms with E-state index in [4.69, 9.17) is 5.84 Å². The van der Waals surface area contributed by atoms with Gasteiger partial charge in [-0.25, -0.2) is 15.8 Å². The Kier molecular flexibility index (Phi) is 4.14. The Balaban J connectivity index is 2.38. The predicted molar refractivity (Wildman–Crippen MR) is 77.8 cm³/mol. The summed E-state index contributed by atoms with van der Waals surface area (Å²) < 4.78 is 0. The number of hydrogen-bond acceptors (Lipinski definition) is 5. The summed E-state index contributed by atoms with van der Waals surface area (Å²) in [5.41, 5.74) is 2.69. The zero-order valence-electron chi connectivity index (χ0n) is 11.2. The summed E-state index contributed by atoms with van der Waals surface area (Å²) >= 11 is 1.73. The summed E-state index contributed by atoms with van der Waals surface area (Å²) in [7, 11) is 0.